The molecule has 1 aromatic carbocycles. The van der Waals surface area contributed by atoms with Gasteiger partial charge in [0.1, 0.15) is 11.3 Å². The van der Waals surface area contributed by atoms with Gasteiger partial charge < -0.3 is 20.5 Å². The van der Waals surface area contributed by atoms with Crippen LogP contribution in [0.4, 0.5) is 5.69 Å². The predicted octanol–water partition coefficient (Wildman–Crippen LogP) is 1.74. The van der Waals surface area contributed by atoms with Crippen LogP contribution in [0.15, 0.2) is 18.2 Å². The maximum atomic E-state index is 11.8. The molecule has 0 heterocycles. The number of esters is 1. The maximum Gasteiger partial charge on any atom is 0.341 e. The Morgan fingerprint density at radius 3 is 2.71 bits per heavy atom. The van der Waals surface area contributed by atoms with E-state index < -0.39 is 5.97 Å². The zero-order valence-corrected chi connectivity index (χ0v) is 12.6. The zero-order valence-electron chi connectivity index (χ0n) is 12.6. The fraction of sp³-hybridized carbons (Fsp3) is 0.467. The van der Waals surface area contributed by atoms with Crippen LogP contribution in [0.25, 0.3) is 0 Å². The summed E-state index contributed by atoms with van der Waals surface area (Å²) < 4.78 is 10.0. The number of rotatable bonds is 7. The van der Waals surface area contributed by atoms with E-state index >= 15 is 0 Å². The summed E-state index contributed by atoms with van der Waals surface area (Å²) in [4.78, 5) is 23.4. The van der Waals surface area contributed by atoms with Gasteiger partial charge in [0, 0.05) is 17.8 Å². The van der Waals surface area contributed by atoms with Gasteiger partial charge in [0.05, 0.1) is 7.11 Å². The minimum absolute atomic E-state index is 0.0898. The number of ether oxygens (including phenoxy) is 2. The Balaban J connectivity index is 2.68. The summed E-state index contributed by atoms with van der Waals surface area (Å²) in [7, 11) is 1.28. The number of nitrogens with one attached hydrogen (secondary N) is 1. The Bertz CT molecular complexity index is 502. The number of hydrogen-bond donors (Lipinski definition) is 2. The maximum absolute atomic E-state index is 11.8. The summed E-state index contributed by atoms with van der Waals surface area (Å²) in [5, 5.41) is 2.82. The van der Waals surface area contributed by atoms with Crippen LogP contribution in [0.1, 0.15) is 37.0 Å². The van der Waals surface area contributed by atoms with Gasteiger partial charge >= 0.3 is 5.97 Å². The molecule has 6 heteroatoms. The molecular formula is C15H22N2O4. The Kier molecular flexibility index (Phi) is 6.52. The molecule has 6 nitrogen and oxygen atoms in total. The molecule has 3 N–H and O–H groups in total. The molecule has 0 fully saturated rings. The van der Waals surface area contributed by atoms with Crippen LogP contribution in [0.5, 0.6) is 5.75 Å². The lowest BCUT2D eigenvalue weighted by Gasteiger charge is -2.14. The quantitative estimate of drug-likeness (QED) is 0.590. The molecule has 0 aliphatic carbocycles. The molecule has 0 radical (unpaired) electrons. The van der Waals surface area contributed by atoms with Gasteiger partial charge in [0.25, 0.3) is 5.91 Å². The third-order valence-corrected chi connectivity index (χ3v) is 2.90. The average Bonchev–Trinajstić information content (AvgIpc) is 2.44. The van der Waals surface area contributed by atoms with Crippen LogP contribution in [0.3, 0.4) is 0 Å². The number of carbonyl (C=O) groups excluding carboxylic acids is 2. The Morgan fingerprint density at radius 2 is 2.10 bits per heavy atom. The standard InChI is InChI=1S/C15H22N2O4/c1-4-5-10(2)17-14(18)9-21-13-8-11(16)6-7-12(13)15(19)20-3/h6-8,10H,4-5,9,16H2,1-3H3,(H,17,18). The van der Waals surface area contributed by atoms with E-state index in [1.54, 1.807) is 6.07 Å². The first-order valence-corrected chi connectivity index (χ1v) is 6.88. The number of amides is 1. The summed E-state index contributed by atoms with van der Waals surface area (Å²) in [6, 6.07) is 4.66. The number of hydrogen-bond acceptors (Lipinski definition) is 5. The lowest BCUT2D eigenvalue weighted by molar-refractivity contribution is -0.123. The number of nitrogen functional groups attached to an aromatic ring is 1. The van der Waals surface area contributed by atoms with E-state index in [2.05, 4.69) is 17.0 Å². The summed E-state index contributed by atoms with van der Waals surface area (Å²) in [6.45, 7) is 3.80. The summed E-state index contributed by atoms with van der Waals surface area (Å²) >= 11 is 0. The van der Waals surface area contributed by atoms with Crippen LogP contribution in [0.2, 0.25) is 0 Å². The highest BCUT2D eigenvalue weighted by atomic mass is 16.5. The third-order valence-electron chi connectivity index (χ3n) is 2.90. The molecule has 0 aliphatic rings. The molecule has 0 aromatic heterocycles. The largest absolute Gasteiger partial charge is 0.483 e. The van der Waals surface area contributed by atoms with Crippen molar-refractivity contribution in [3.05, 3.63) is 23.8 Å². The van der Waals surface area contributed by atoms with Crippen molar-refractivity contribution in [2.75, 3.05) is 19.5 Å². The zero-order chi connectivity index (χ0) is 15.8. The van der Waals surface area contributed by atoms with Crippen molar-refractivity contribution in [3.63, 3.8) is 0 Å². The van der Waals surface area contributed by atoms with Gasteiger partial charge in [0.15, 0.2) is 6.61 Å². The molecule has 1 unspecified atom stereocenters. The van der Waals surface area contributed by atoms with Crippen molar-refractivity contribution < 1.29 is 19.1 Å². The Hall–Kier alpha value is -2.24. The van der Waals surface area contributed by atoms with Crippen molar-refractivity contribution >= 4 is 17.6 Å². The second-order valence-corrected chi connectivity index (χ2v) is 4.79. The van der Waals surface area contributed by atoms with Gasteiger partial charge in [-0.1, -0.05) is 13.3 Å². The van der Waals surface area contributed by atoms with Crippen molar-refractivity contribution in [1.82, 2.24) is 5.32 Å². The molecule has 0 saturated carbocycles. The second kappa shape index (κ2) is 8.14. The van der Waals surface area contributed by atoms with Crippen LogP contribution >= 0.6 is 0 Å². The fourth-order valence-electron chi connectivity index (χ4n) is 1.90. The summed E-state index contributed by atoms with van der Waals surface area (Å²) in [5.41, 5.74) is 6.34. The first-order chi connectivity index (χ1) is 9.97. The number of methoxy groups -OCH3 is 1. The number of anilines is 1. The normalized spacial score (nSPS) is 11.6. The highest BCUT2D eigenvalue weighted by molar-refractivity contribution is 5.93. The third kappa shape index (κ3) is 5.33. The topological polar surface area (TPSA) is 90.6 Å². The molecule has 116 valence electrons. The molecule has 1 amide bonds. The van der Waals surface area contributed by atoms with E-state index in [0.717, 1.165) is 12.8 Å². The summed E-state index contributed by atoms with van der Waals surface area (Å²) in [6.07, 6.45) is 1.89. The van der Waals surface area contributed by atoms with Gasteiger partial charge in [-0.15, -0.1) is 0 Å². The van der Waals surface area contributed by atoms with Gasteiger partial charge in [0.2, 0.25) is 0 Å². The molecule has 1 aromatic rings. The molecule has 1 atom stereocenters. The second-order valence-electron chi connectivity index (χ2n) is 4.79. The van der Waals surface area contributed by atoms with Crippen molar-refractivity contribution in [2.45, 2.75) is 32.7 Å². The van der Waals surface area contributed by atoms with E-state index in [9.17, 15) is 9.59 Å². The van der Waals surface area contributed by atoms with Gasteiger partial charge in [-0.05, 0) is 25.5 Å². The minimum Gasteiger partial charge on any atom is -0.483 e. The van der Waals surface area contributed by atoms with Crippen LogP contribution in [0, 0.1) is 0 Å². The van der Waals surface area contributed by atoms with Crippen LogP contribution < -0.4 is 15.8 Å². The summed E-state index contributed by atoms with van der Waals surface area (Å²) in [5.74, 6) is -0.543. The average molecular weight is 294 g/mol. The predicted molar refractivity (Wildman–Crippen MR) is 80.2 cm³/mol. The highest BCUT2D eigenvalue weighted by Crippen LogP contribution is 2.22. The van der Waals surface area contributed by atoms with Gasteiger partial charge in [-0.25, -0.2) is 4.79 Å². The molecule has 0 aliphatic heterocycles. The molecule has 1 rings (SSSR count). The van der Waals surface area contributed by atoms with Crippen molar-refractivity contribution in [1.29, 1.82) is 0 Å². The molecule has 0 bridgehead atoms. The van der Waals surface area contributed by atoms with E-state index in [-0.39, 0.29) is 29.9 Å². The van der Waals surface area contributed by atoms with Crippen molar-refractivity contribution in [3.8, 4) is 5.75 Å². The number of carbonyl (C=O) groups is 2. The SMILES string of the molecule is CCCC(C)NC(=O)COc1cc(N)ccc1C(=O)OC. The first kappa shape index (κ1) is 16.8. The first-order valence-electron chi connectivity index (χ1n) is 6.88. The van der Waals surface area contributed by atoms with E-state index in [1.807, 2.05) is 6.92 Å². The van der Waals surface area contributed by atoms with E-state index in [0.29, 0.717) is 5.69 Å². The van der Waals surface area contributed by atoms with Crippen LogP contribution in [-0.2, 0) is 9.53 Å². The molecule has 0 saturated heterocycles. The molecule has 0 spiro atoms. The lowest BCUT2D eigenvalue weighted by Crippen LogP contribution is -2.36. The Morgan fingerprint density at radius 1 is 1.38 bits per heavy atom. The minimum atomic E-state index is -0.537. The Labute approximate surface area is 124 Å². The van der Waals surface area contributed by atoms with E-state index in [1.165, 1.54) is 19.2 Å². The van der Waals surface area contributed by atoms with Crippen molar-refractivity contribution in [2.24, 2.45) is 0 Å². The van der Waals surface area contributed by atoms with Gasteiger partial charge in [-0.2, -0.15) is 0 Å². The highest BCUT2D eigenvalue weighted by Gasteiger charge is 2.15. The van der Waals surface area contributed by atoms with Gasteiger partial charge in [-0.3, -0.25) is 4.79 Å². The molecular weight excluding hydrogens is 272 g/mol. The molecule has 21 heavy (non-hydrogen) atoms. The smallest absolute Gasteiger partial charge is 0.341 e. The lowest BCUT2D eigenvalue weighted by atomic mass is 10.2. The monoisotopic (exact) mass is 294 g/mol. The number of benzene rings is 1. The number of nitrogens with two attached hydrogens (primary N) is 1. The van der Waals surface area contributed by atoms with Crippen LogP contribution in [-0.4, -0.2) is 31.6 Å². The fourth-order valence-corrected chi connectivity index (χ4v) is 1.90. The van der Waals surface area contributed by atoms with E-state index in [4.69, 9.17) is 10.5 Å².